The van der Waals surface area contributed by atoms with Gasteiger partial charge < -0.3 is 24.4 Å². The SMILES string of the molecule is COc1cc(NC(=O)CC[C@@H]2CCCO2)c(C(=O)N(C)C)cc1OC. The number of nitrogens with one attached hydrogen (secondary N) is 1. The van der Waals surface area contributed by atoms with Crippen LogP contribution < -0.4 is 14.8 Å². The predicted molar refractivity (Wildman–Crippen MR) is 94.4 cm³/mol. The van der Waals surface area contributed by atoms with E-state index in [0.29, 0.717) is 35.6 Å². The molecule has 0 spiro atoms. The van der Waals surface area contributed by atoms with Crippen LogP contribution in [-0.4, -0.2) is 57.7 Å². The van der Waals surface area contributed by atoms with E-state index in [1.807, 2.05) is 0 Å². The van der Waals surface area contributed by atoms with Gasteiger partial charge in [0.05, 0.1) is 31.6 Å². The number of amides is 2. The van der Waals surface area contributed by atoms with Crippen molar-refractivity contribution in [2.75, 3.05) is 40.2 Å². The van der Waals surface area contributed by atoms with Crippen LogP contribution in [-0.2, 0) is 9.53 Å². The van der Waals surface area contributed by atoms with Crippen molar-refractivity contribution in [3.05, 3.63) is 17.7 Å². The fourth-order valence-corrected chi connectivity index (χ4v) is 2.78. The summed E-state index contributed by atoms with van der Waals surface area (Å²) < 4.78 is 16.1. The molecular formula is C18H26N2O5. The molecule has 2 rings (SSSR count). The number of ether oxygens (including phenoxy) is 3. The van der Waals surface area contributed by atoms with Crippen molar-refractivity contribution < 1.29 is 23.8 Å². The largest absolute Gasteiger partial charge is 0.493 e. The standard InChI is InChI=1S/C18H26N2O5/c1-20(2)18(22)13-10-15(23-3)16(24-4)11-14(13)19-17(21)8-7-12-6-5-9-25-12/h10-12H,5-9H2,1-4H3,(H,19,21)/t12-/m0/s1. The molecule has 0 aromatic heterocycles. The van der Waals surface area contributed by atoms with Gasteiger partial charge in [0, 0.05) is 33.2 Å². The van der Waals surface area contributed by atoms with E-state index < -0.39 is 0 Å². The number of nitrogens with zero attached hydrogens (tertiary/aromatic N) is 1. The first-order valence-electron chi connectivity index (χ1n) is 8.35. The van der Waals surface area contributed by atoms with Crippen molar-refractivity contribution in [1.29, 1.82) is 0 Å². The van der Waals surface area contributed by atoms with Gasteiger partial charge in [0.1, 0.15) is 0 Å². The predicted octanol–water partition coefficient (Wildman–Crippen LogP) is 2.30. The summed E-state index contributed by atoms with van der Waals surface area (Å²) >= 11 is 0. The molecule has 1 aromatic carbocycles. The van der Waals surface area contributed by atoms with Crippen LogP contribution in [0, 0.1) is 0 Å². The maximum absolute atomic E-state index is 12.4. The highest BCUT2D eigenvalue weighted by Gasteiger charge is 2.21. The number of hydrogen-bond donors (Lipinski definition) is 1. The Bertz CT molecular complexity index is 624. The zero-order valence-electron chi connectivity index (χ0n) is 15.3. The molecule has 1 fully saturated rings. The highest BCUT2D eigenvalue weighted by Crippen LogP contribution is 2.34. The van der Waals surface area contributed by atoms with Gasteiger partial charge in [-0.2, -0.15) is 0 Å². The van der Waals surface area contributed by atoms with Gasteiger partial charge >= 0.3 is 0 Å². The van der Waals surface area contributed by atoms with Crippen molar-refractivity contribution in [1.82, 2.24) is 4.90 Å². The second-order valence-electron chi connectivity index (χ2n) is 6.17. The number of benzene rings is 1. The molecule has 138 valence electrons. The third kappa shape index (κ3) is 4.85. The van der Waals surface area contributed by atoms with E-state index in [0.717, 1.165) is 19.4 Å². The van der Waals surface area contributed by atoms with Gasteiger partial charge in [-0.25, -0.2) is 0 Å². The normalized spacial score (nSPS) is 16.4. The molecule has 0 radical (unpaired) electrons. The fraction of sp³-hybridized carbons (Fsp3) is 0.556. The summed E-state index contributed by atoms with van der Waals surface area (Å²) in [7, 11) is 6.32. The molecule has 2 amide bonds. The third-order valence-electron chi connectivity index (χ3n) is 4.15. The van der Waals surface area contributed by atoms with Gasteiger partial charge in [-0.3, -0.25) is 9.59 Å². The topological polar surface area (TPSA) is 77.1 Å². The Morgan fingerprint density at radius 3 is 2.48 bits per heavy atom. The molecule has 0 saturated carbocycles. The molecule has 7 nitrogen and oxygen atoms in total. The lowest BCUT2D eigenvalue weighted by Crippen LogP contribution is -2.24. The van der Waals surface area contributed by atoms with E-state index >= 15 is 0 Å². The molecule has 1 atom stereocenters. The maximum atomic E-state index is 12.4. The van der Waals surface area contributed by atoms with Gasteiger partial charge in [0.25, 0.3) is 5.91 Å². The fourth-order valence-electron chi connectivity index (χ4n) is 2.78. The number of methoxy groups -OCH3 is 2. The first-order valence-corrected chi connectivity index (χ1v) is 8.35. The van der Waals surface area contributed by atoms with Crippen LogP contribution in [0.25, 0.3) is 0 Å². The minimum absolute atomic E-state index is 0.152. The van der Waals surface area contributed by atoms with Gasteiger partial charge in [0.2, 0.25) is 5.91 Å². The number of carbonyl (C=O) groups excluding carboxylic acids is 2. The maximum Gasteiger partial charge on any atom is 0.255 e. The molecule has 1 aliphatic heterocycles. The third-order valence-corrected chi connectivity index (χ3v) is 4.15. The average Bonchev–Trinajstić information content (AvgIpc) is 3.12. The highest BCUT2D eigenvalue weighted by molar-refractivity contribution is 6.04. The highest BCUT2D eigenvalue weighted by atomic mass is 16.5. The second-order valence-corrected chi connectivity index (χ2v) is 6.17. The van der Waals surface area contributed by atoms with E-state index in [9.17, 15) is 9.59 Å². The summed E-state index contributed by atoms with van der Waals surface area (Å²) in [5.74, 6) is 0.503. The average molecular weight is 350 g/mol. The molecule has 7 heteroatoms. The lowest BCUT2D eigenvalue weighted by Gasteiger charge is -2.18. The lowest BCUT2D eigenvalue weighted by atomic mass is 10.1. The quantitative estimate of drug-likeness (QED) is 0.816. The lowest BCUT2D eigenvalue weighted by molar-refractivity contribution is -0.116. The van der Waals surface area contributed by atoms with Crippen LogP contribution in [0.1, 0.15) is 36.0 Å². The molecule has 1 heterocycles. The first-order chi connectivity index (χ1) is 12.0. The Hall–Kier alpha value is -2.28. The van der Waals surface area contributed by atoms with Crippen molar-refractivity contribution in [2.24, 2.45) is 0 Å². The Morgan fingerprint density at radius 1 is 1.24 bits per heavy atom. The summed E-state index contributed by atoms with van der Waals surface area (Å²) in [5, 5.41) is 2.82. The molecule has 0 bridgehead atoms. The molecule has 1 aliphatic rings. The van der Waals surface area contributed by atoms with Crippen molar-refractivity contribution >= 4 is 17.5 Å². The van der Waals surface area contributed by atoms with E-state index in [4.69, 9.17) is 14.2 Å². The Labute approximate surface area is 148 Å². The Balaban J connectivity index is 2.18. The molecule has 0 aliphatic carbocycles. The van der Waals surface area contributed by atoms with Gasteiger partial charge in [-0.1, -0.05) is 0 Å². The summed E-state index contributed by atoms with van der Waals surface area (Å²) in [5.41, 5.74) is 0.766. The van der Waals surface area contributed by atoms with Crippen LogP contribution in [0.2, 0.25) is 0 Å². The van der Waals surface area contributed by atoms with Crippen LogP contribution in [0.4, 0.5) is 5.69 Å². The molecule has 1 aromatic rings. The van der Waals surface area contributed by atoms with Gasteiger partial charge in [-0.15, -0.1) is 0 Å². The summed E-state index contributed by atoms with van der Waals surface area (Å²) in [4.78, 5) is 26.2. The molecular weight excluding hydrogens is 324 g/mol. The molecule has 1 N–H and O–H groups in total. The molecule has 1 saturated heterocycles. The zero-order chi connectivity index (χ0) is 18.4. The Morgan fingerprint density at radius 2 is 1.92 bits per heavy atom. The summed E-state index contributed by atoms with van der Waals surface area (Å²) in [6.07, 6.45) is 3.21. The van der Waals surface area contributed by atoms with Crippen molar-refractivity contribution in [2.45, 2.75) is 31.8 Å². The number of carbonyl (C=O) groups is 2. The van der Waals surface area contributed by atoms with Crippen LogP contribution in [0.3, 0.4) is 0 Å². The number of hydrogen-bond acceptors (Lipinski definition) is 5. The van der Waals surface area contributed by atoms with E-state index in [1.54, 1.807) is 26.2 Å². The van der Waals surface area contributed by atoms with Gasteiger partial charge in [-0.05, 0) is 25.3 Å². The zero-order valence-corrected chi connectivity index (χ0v) is 15.3. The van der Waals surface area contributed by atoms with Crippen LogP contribution in [0.5, 0.6) is 11.5 Å². The first kappa shape index (κ1) is 19.1. The minimum Gasteiger partial charge on any atom is -0.493 e. The molecule has 0 unspecified atom stereocenters. The minimum atomic E-state index is -0.227. The number of rotatable bonds is 7. The molecule has 25 heavy (non-hydrogen) atoms. The summed E-state index contributed by atoms with van der Waals surface area (Å²) in [6, 6.07) is 3.19. The van der Waals surface area contributed by atoms with Crippen molar-refractivity contribution in [3.8, 4) is 11.5 Å². The van der Waals surface area contributed by atoms with Crippen molar-refractivity contribution in [3.63, 3.8) is 0 Å². The van der Waals surface area contributed by atoms with Gasteiger partial charge in [0.15, 0.2) is 11.5 Å². The second kappa shape index (κ2) is 8.71. The van der Waals surface area contributed by atoms with E-state index in [2.05, 4.69) is 5.32 Å². The van der Waals surface area contributed by atoms with E-state index in [1.165, 1.54) is 19.1 Å². The smallest absolute Gasteiger partial charge is 0.255 e. The monoisotopic (exact) mass is 350 g/mol. The van der Waals surface area contributed by atoms with Crippen LogP contribution in [0.15, 0.2) is 12.1 Å². The Kier molecular flexibility index (Phi) is 6.64. The summed E-state index contributed by atoms with van der Waals surface area (Å²) in [6.45, 7) is 0.767. The van der Waals surface area contributed by atoms with Crippen LogP contribution >= 0.6 is 0 Å². The number of anilines is 1. The van der Waals surface area contributed by atoms with E-state index in [-0.39, 0.29) is 17.9 Å².